The van der Waals surface area contributed by atoms with Gasteiger partial charge in [-0.05, 0) is 0 Å². The van der Waals surface area contributed by atoms with E-state index in [2.05, 4.69) is 9.89 Å². The van der Waals surface area contributed by atoms with Gasteiger partial charge < -0.3 is 4.90 Å². The fraction of sp³-hybridized carbons (Fsp3) is 0.750. The highest BCUT2D eigenvalue weighted by Crippen LogP contribution is 2.12. The lowest BCUT2D eigenvalue weighted by molar-refractivity contribution is 0.867. The Kier molecular flexibility index (Phi) is 0.261. The Morgan fingerprint density at radius 3 is 2.33 bits per heavy atom. The van der Waals surface area contributed by atoms with Crippen molar-refractivity contribution in [1.29, 1.82) is 0 Å². The molecule has 0 atom stereocenters. The average Bonchev–Trinajstić information content (AvgIpc) is 2.26. The molecule has 32 valence electrons. The molecule has 0 unspecified atom stereocenters. The predicted molar refractivity (Wildman–Crippen MR) is 23.9 cm³/mol. The van der Waals surface area contributed by atoms with Gasteiger partial charge in [-0.3, -0.25) is 4.99 Å². The van der Waals surface area contributed by atoms with Crippen molar-refractivity contribution < 1.29 is 0 Å². The summed E-state index contributed by atoms with van der Waals surface area (Å²) in [5, 5.41) is 0. The van der Waals surface area contributed by atoms with Crippen LogP contribution in [-0.4, -0.2) is 30.4 Å². The van der Waals surface area contributed by atoms with E-state index in [1.807, 2.05) is 0 Å². The van der Waals surface area contributed by atoms with Crippen LogP contribution in [0, 0.1) is 0 Å². The third-order valence-electron chi connectivity index (χ3n) is 1.11. The molecule has 0 aromatic heterocycles. The van der Waals surface area contributed by atoms with Gasteiger partial charge in [0.2, 0.25) is 0 Å². The Hall–Kier alpha value is -0.530. The van der Waals surface area contributed by atoms with Gasteiger partial charge in [-0.15, -0.1) is 0 Å². The van der Waals surface area contributed by atoms with Gasteiger partial charge in [0.1, 0.15) is 5.84 Å². The number of nitrogens with zero attached hydrogens (tertiary/aromatic N) is 2. The summed E-state index contributed by atoms with van der Waals surface area (Å²) in [5.74, 6) is 1.33. The normalized spacial score (nSPS) is 26.7. The lowest BCUT2D eigenvalue weighted by Gasteiger charge is -1.80. The maximum absolute atomic E-state index is 4.01. The third kappa shape index (κ3) is 0.236. The van der Waals surface area contributed by atoms with Gasteiger partial charge >= 0.3 is 0 Å². The fourth-order valence-corrected chi connectivity index (χ4v) is 0.543. The van der Waals surface area contributed by atoms with E-state index in [-0.39, 0.29) is 0 Å². The summed E-state index contributed by atoms with van der Waals surface area (Å²) in [6, 6.07) is 0. The van der Waals surface area contributed by atoms with Gasteiger partial charge in [0.05, 0.1) is 6.54 Å². The van der Waals surface area contributed by atoms with Crippen LogP contribution in [0.1, 0.15) is 0 Å². The molecule has 0 aromatic rings. The molecule has 0 spiro atoms. The molecule has 2 nitrogen and oxygen atoms in total. The smallest absolute Gasteiger partial charge is 0.121 e. The van der Waals surface area contributed by atoms with Crippen molar-refractivity contribution in [3.8, 4) is 0 Å². The standard InChI is InChI=1S/C4H6N2/c1-2-6(1)4-3-5-4/h1-3H2. The second-order valence-corrected chi connectivity index (χ2v) is 1.72. The van der Waals surface area contributed by atoms with Crippen LogP contribution >= 0.6 is 0 Å². The van der Waals surface area contributed by atoms with E-state index in [4.69, 9.17) is 0 Å². The number of hydrogen-bond donors (Lipinski definition) is 0. The zero-order valence-corrected chi connectivity index (χ0v) is 3.52. The largest absolute Gasteiger partial charge is 0.355 e. The third-order valence-corrected chi connectivity index (χ3v) is 1.11. The SMILES string of the molecule is C1N=C1N1CC1. The number of hydrogen-bond acceptors (Lipinski definition) is 2. The first-order valence-corrected chi connectivity index (χ1v) is 2.25. The van der Waals surface area contributed by atoms with E-state index in [1.54, 1.807) is 0 Å². The maximum atomic E-state index is 4.01. The Bertz CT molecular complexity index is 102. The number of rotatable bonds is 0. The molecular formula is C4H6N2. The molecule has 2 heteroatoms. The first-order chi connectivity index (χ1) is 2.97. The molecule has 2 aliphatic heterocycles. The van der Waals surface area contributed by atoms with E-state index in [0.717, 1.165) is 6.54 Å². The molecule has 0 amide bonds. The molecule has 1 saturated heterocycles. The monoisotopic (exact) mass is 82.1 g/mol. The van der Waals surface area contributed by atoms with E-state index < -0.39 is 0 Å². The highest BCUT2D eigenvalue weighted by atomic mass is 15.3. The van der Waals surface area contributed by atoms with Crippen molar-refractivity contribution in [2.24, 2.45) is 4.99 Å². The summed E-state index contributed by atoms with van der Waals surface area (Å²) >= 11 is 0. The van der Waals surface area contributed by atoms with E-state index >= 15 is 0 Å². The van der Waals surface area contributed by atoms with Crippen molar-refractivity contribution in [3.63, 3.8) is 0 Å². The minimum absolute atomic E-state index is 1.03. The first kappa shape index (κ1) is 2.61. The van der Waals surface area contributed by atoms with Gasteiger partial charge in [-0.2, -0.15) is 0 Å². The molecule has 0 aromatic carbocycles. The molecule has 6 heavy (non-hydrogen) atoms. The molecule has 2 rings (SSSR count). The summed E-state index contributed by atoms with van der Waals surface area (Å²) in [5.41, 5.74) is 0. The van der Waals surface area contributed by atoms with E-state index in [9.17, 15) is 0 Å². The number of amidine groups is 1. The average molecular weight is 82.1 g/mol. The van der Waals surface area contributed by atoms with Crippen LogP contribution in [0.2, 0.25) is 0 Å². The summed E-state index contributed by atoms with van der Waals surface area (Å²) in [4.78, 5) is 6.28. The fourth-order valence-electron chi connectivity index (χ4n) is 0.543. The quantitative estimate of drug-likeness (QED) is 0.367. The van der Waals surface area contributed by atoms with Crippen LogP contribution in [0.3, 0.4) is 0 Å². The van der Waals surface area contributed by atoms with Crippen LogP contribution in [0.5, 0.6) is 0 Å². The van der Waals surface area contributed by atoms with Gasteiger partial charge in [-0.25, -0.2) is 0 Å². The summed E-state index contributed by atoms with van der Waals surface area (Å²) in [6.45, 7) is 3.55. The summed E-state index contributed by atoms with van der Waals surface area (Å²) in [6.07, 6.45) is 0. The van der Waals surface area contributed by atoms with Crippen molar-refractivity contribution in [3.05, 3.63) is 0 Å². The van der Waals surface area contributed by atoms with Crippen molar-refractivity contribution in [1.82, 2.24) is 4.90 Å². The Morgan fingerprint density at radius 2 is 2.17 bits per heavy atom. The van der Waals surface area contributed by atoms with E-state index in [0.29, 0.717) is 0 Å². The highest BCUT2D eigenvalue weighted by molar-refractivity contribution is 5.96. The number of aliphatic imine (C=N–C) groups is 1. The molecule has 0 aliphatic carbocycles. The maximum Gasteiger partial charge on any atom is 0.121 e. The van der Waals surface area contributed by atoms with Crippen molar-refractivity contribution in [2.75, 3.05) is 19.6 Å². The topological polar surface area (TPSA) is 15.4 Å². The van der Waals surface area contributed by atoms with Gasteiger partial charge in [0.25, 0.3) is 0 Å². The zero-order valence-electron chi connectivity index (χ0n) is 3.52. The van der Waals surface area contributed by atoms with Crippen molar-refractivity contribution in [2.45, 2.75) is 0 Å². The van der Waals surface area contributed by atoms with Crippen LogP contribution in [0.25, 0.3) is 0 Å². The van der Waals surface area contributed by atoms with Crippen molar-refractivity contribution >= 4 is 5.84 Å². The van der Waals surface area contributed by atoms with E-state index in [1.165, 1.54) is 18.9 Å². The Labute approximate surface area is 36.5 Å². The van der Waals surface area contributed by atoms with Crippen LogP contribution < -0.4 is 0 Å². The lowest BCUT2D eigenvalue weighted by atomic mass is 10.8. The minimum atomic E-state index is 1.03. The summed E-state index contributed by atoms with van der Waals surface area (Å²) in [7, 11) is 0. The molecule has 2 aliphatic rings. The Balaban J connectivity index is 2.07. The summed E-state index contributed by atoms with van der Waals surface area (Å²) < 4.78 is 0. The molecule has 1 fully saturated rings. The zero-order chi connectivity index (χ0) is 3.98. The van der Waals surface area contributed by atoms with Gasteiger partial charge in [-0.1, -0.05) is 0 Å². The lowest BCUT2D eigenvalue weighted by Crippen LogP contribution is -1.96. The molecule has 0 radical (unpaired) electrons. The highest BCUT2D eigenvalue weighted by Gasteiger charge is 2.26. The molecule has 2 heterocycles. The Morgan fingerprint density at radius 1 is 1.50 bits per heavy atom. The second kappa shape index (κ2) is 0.600. The van der Waals surface area contributed by atoms with Crippen LogP contribution in [-0.2, 0) is 0 Å². The molecule has 0 saturated carbocycles. The van der Waals surface area contributed by atoms with Gasteiger partial charge in [0.15, 0.2) is 0 Å². The van der Waals surface area contributed by atoms with Gasteiger partial charge in [0, 0.05) is 13.1 Å². The molecule has 0 bridgehead atoms. The first-order valence-electron chi connectivity index (χ1n) is 2.25. The molecule has 0 N–H and O–H groups in total. The predicted octanol–water partition coefficient (Wildman–Crippen LogP) is -0.286. The minimum Gasteiger partial charge on any atom is -0.355 e. The van der Waals surface area contributed by atoms with Crippen LogP contribution in [0.4, 0.5) is 0 Å². The van der Waals surface area contributed by atoms with Crippen LogP contribution in [0.15, 0.2) is 4.99 Å². The molecular weight excluding hydrogens is 76.1 g/mol. The second-order valence-electron chi connectivity index (χ2n) is 1.72.